The van der Waals surface area contributed by atoms with Crippen molar-refractivity contribution in [3.05, 3.63) is 0 Å². The minimum Gasteiger partial charge on any atom is -0.307 e. The quantitative estimate of drug-likeness (QED) is 0.755. The van der Waals surface area contributed by atoms with Gasteiger partial charge in [0.15, 0.2) is 0 Å². The van der Waals surface area contributed by atoms with Crippen LogP contribution in [0.15, 0.2) is 0 Å². The summed E-state index contributed by atoms with van der Waals surface area (Å²) in [4.78, 5) is 27.2. The maximum Gasteiger partial charge on any atom is 0.233 e. The maximum atomic E-state index is 12.8. The highest BCUT2D eigenvalue weighted by atomic mass is 16.2. The van der Waals surface area contributed by atoms with E-state index in [1.807, 2.05) is 0 Å². The molecule has 0 bridgehead atoms. The molecule has 1 saturated carbocycles. The number of nitrogens with one attached hydrogen (secondary N) is 1. The fraction of sp³-hybridized carbons (Fsp3) is 0.882. The number of piperidine rings is 1. The van der Waals surface area contributed by atoms with Crippen molar-refractivity contribution in [3.8, 4) is 0 Å². The van der Waals surface area contributed by atoms with E-state index in [0.29, 0.717) is 0 Å². The second kappa shape index (κ2) is 4.80. The molecule has 0 spiro atoms. The minimum atomic E-state index is -0.0409. The Morgan fingerprint density at radius 1 is 0.905 bits per heavy atom. The number of fused-ring (bicyclic) bond motifs is 1. The average molecular weight is 292 g/mol. The van der Waals surface area contributed by atoms with E-state index in [0.717, 1.165) is 38.5 Å². The van der Waals surface area contributed by atoms with Gasteiger partial charge in [-0.2, -0.15) is 0 Å². The first-order valence-corrected chi connectivity index (χ1v) is 8.36. The SMILES string of the molecule is CC1(C)CC(N2C(=O)[C@H]3CCCC[C@H]3C2=O)CC(C)(C)N1. The molecule has 2 aliphatic heterocycles. The van der Waals surface area contributed by atoms with Crippen LogP contribution in [0, 0.1) is 11.8 Å². The third-order valence-corrected chi connectivity index (χ3v) is 5.41. The minimum absolute atomic E-state index is 0.0210. The number of hydrogen-bond donors (Lipinski definition) is 1. The van der Waals surface area contributed by atoms with Gasteiger partial charge >= 0.3 is 0 Å². The number of carbonyl (C=O) groups is 2. The van der Waals surface area contributed by atoms with Crippen molar-refractivity contribution in [2.45, 2.75) is 83.3 Å². The Kier molecular flexibility index (Phi) is 3.43. The van der Waals surface area contributed by atoms with Crippen LogP contribution in [0.1, 0.15) is 66.2 Å². The number of imide groups is 1. The lowest BCUT2D eigenvalue weighted by atomic mass is 9.79. The van der Waals surface area contributed by atoms with Crippen molar-refractivity contribution in [1.82, 2.24) is 10.2 Å². The Hall–Kier alpha value is -0.900. The van der Waals surface area contributed by atoms with Gasteiger partial charge in [-0.05, 0) is 53.4 Å². The van der Waals surface area contributed by atoms with Gasteiger partial charge < -0.3 is 5.32 Å². The number of carbonyl (C=O) groups excluding carboxylic acids is 2. The van der Waals surface area contributed by atoms with Crippen LogP contribution in [0.4, 0.5) is 0 Å². The third-order valence-electron chi connectivity index (χ3n) is 5.41. The lowest BCUT2D eigenvalue weighted by Gasteiger charge is -2.48. The van der Waals surface area contributed by atoms with Gasteiger partial charge in [0.2, 0.25) is 11.8 Å². The molecule has 2 saturated heterocycles. The first-order chi connectivity index (χ1) is 9.70. The van der Waals surface area contributed by atoms with Crippen LogP contribution in [0.2, 0.25) is 0 Å². The molecule has 1 aliphatic carbocycles. The van der Waals surface area contributed by atoms with Crippen LogP contribution in [-0.4, -0.2) is 33.8 Å². The molecule has 0 aromatic rings. The fourth-order valence-electron chi connectivity index (χ4n) is 5.00. The smallest absolute Gasteiger partial charge is 0.233 e. The Morgan fingerprint density at radius 2 is 1.33 bits per heavy atom. The summed E-state index contributed by atoms with van der Waals surface area (Å²) < 4.78 is 0. The molecule has 0 radical (unpaired) electrons. The molecule has 2 atom stereocenters. The van der Waals surface area contributed by atoms with Crippen LogP contribution < -0.4 is 5.32 Å². The normalized spacial score (nSPS) is 35.9. The molecule has 3 aliphatic rings. The number of amides is 2. The van der Waals surface area contributed by atoms with Gasteiger partial charge in [-0.25, -0.2) is 0 Å². The molecular weight excluding hydrogens is 264 g/mol. The largest absolute Gasteiger partial charge is 0.307 e. The molecule has 0 aromatic heterocycles. The summed E-state index contributed by atoms with van der Waals surface area (Å²) in [6.07, 6.45) is 5.71. The summed E-state index contributed by atoms with van der Waals surface area (Å²) >= 11 is 0. The Labute approximate surface area is 127 Å². The zero-order valence-electron chi connectivity index (χ0n) is 13.7. The van der Waals surface area contributed by atoms with E-state index < -0.39 is 0 Å². The molecule has 0 unspecified atom stereocenters. The summed E-state index contributed by atoms with van der Waals surface area (Å²) in [5, 5.41) is 3.63. The summed E-state index contributed by atoms with van der Waals surface area (Å²) in [5.41, 5.74) is -0.0819. The standard InChI is InChI=1S/C17H28N2O2/c1-16(2)9-11(10-17(3,4)18-16)19-14(20)12-7-5-6-8-13(12)15(19)21/h11-13,18H,5-10H2,1-4H3/t12-,13+. The molecule has 4 heteroatoms. The van der Waals surface area contributed by atoms with Crippen LogP contribution in [0.5, 0.6) is 0 Å². The van der Waals surface area contributed by atoms with Gasteiger partial charge in [0.05, 0.1) is 11.8 Å². The lowest BCUT2D eigenvalue weighted by molar-refractivity contribution is -0.144. The van der Waals surface area contributed by atoms with E-state index in [1.54, 1.807) is 4.90 Å². The highest BCUT2D eigenvalue weighted by Gasteiger charge is 2.53. The van der Waals surface area contributed by atoms with Gasteiger partial charge in [-0.15, -0.1) is 0 Å². The molecule has 1 N–H and O–H groups in total. The van der Waals surface area contributed by atoms with Gasteiger partial charge in [-0.3, -0.25) is 14.5 Å². The van der Waals surface area contributed by atoms with Crippen molar-refractivity contribution < 1.29 is 9.59 Å². The Morgan fingerprint density at radius 3 is 1.76 bits per heavy atom. The van der Waals surface area contributed by atoms with E-state index in [9.17, 15) is 9.59 Å². The summed E-state index contributed by atoms with van der Waals surface area (Å²) in [7, 11) is 0. The van der Waals surface area contributed by atoms with Crippen molar-refractivity contribution in [1.29, 1.82) is 0 Å². The highest BCUT2D eigenvalue weighted by Crippen LogP contribution is 2.42. The highest BCUT2D eigenvalue weighted by molar-refractivity contribution is 6.05. The summed E-state index contributed by atoms with van der Waals surface area (Å²) in [6, 6.07) is 0.0573. The predicted octanol–water partition coefficient (Wildman–Crippen LogP) is 2.47. The molecular formula is C17H28N2O2. The second-order valence-electron chi connectivity index (χ2n) is 8.50. The topological polar surface area (TPSA) is 49.4 Å². The van der Waals surface area contributed by atoms with E-state index in [4.69, 9.17) is 0 Å². The van der Waals surface area contributed by atoms with Crippen LogP contribution >= 0.6 is 0 Å². The van der Waals surface area contributed by atoms with Gasteiger partial charge in [0, 0.05) is 17.1 Å². The number of nitrogens with zero attached hydrogens (tertiary/aromatic N) is 1. The van der Waals surface area contributed by atoms with Gasteiger partial charge in [-0.1, -0.05) is 12.8 Å². The van der Waals surface area contributed by atoms with Crippen molar-refractivity contribution in [2.75, 3.05) is 0 Å². The monoisotopic (exact) mass is 292 g/mol. The Bertz CT molecular complexity index is 429. The van der Waals surface area contributed by atoms with Crippen LogP contribution in [0.3, 0.4) is 0 Å². The Balaban J connectivity index is 1.86. The first-order valence-electron chi connectivity index (χ1n) is 8.36. The van der Waals surface area contributed by atoms with E-state index in [-0.39, 0.29) is 40.8 Å². The second-order valence-corrected chi connectivity index (χ2v) is 8.50. The first kappa shape index (κ1) is 15.0. The van der Waals surface area contributed by atoms with E-state index in [2.05, 4.69) is 33.0 Å². The zero-order chi connectivity index (χ0) is 15.4. The summed E-state index contributed by atoms with van der Waals surface area (Å²) in [6.45, 7) is 8.66. The molecule has 118 valence electrons. The fourth-order valence-corrected chi connectivity index (χ4v) is 5.00. The molecule has 4 nitrogen and oxygen atoms in total. The summed E-state index contributed by atoms with van der Waals surface area (Å²) in [5.74, 6) is 0.186. The van der Waals surface area contributed by atoms with Crippen molar-refractivity contribution >= 4 is 11.8 Å². The number of likely N-dealkylation sites (tertiary alicyclic amines) is 1. The molecule has 0 aromatic carbocycles. The predicted molar refractivity (Wildman–Crippen MR) is 81.6 cm³/mol. The van der Waals surface area contributed by atoms with E-state index >= 15 is 0 Å². The van der Waals surface area contributed by atoms with Crippen LogP contribution in [0.25, 0.3) is 0 Å². The number of hydrogen-bond acceptors (Lipinski definition) is 3. The van der Waals surface area contributed by atoms with E-state index in [1.165, 1.54) is 0 Å². The van der Waals surface area contributed by atoms with Gasteiger partial charge in [0.25, 0.3) is 0 Å². The van der Waals surface area contributed by atoms with Crippen LogP contribution in [-0.2, 0) is 9.59 Å². The van der Waals surface area contributed by atoms with Crippen molar-refractivity contribution in [3.63, 3.8) is 0 Å². The zero-order valence-corrected chi connectivity index (χ0v) is 13.7. The third kappa shape index (κ3) is 2.63. The molecule has 3 fully saturated rings. The lowest BCUT2D eigenvalue weighted by Crippen LogP contribution is -2.63. The van der Waals surface area contributed by atoms with Crippen molar-refractivity contribution in [2.24, 2.45) is 11.8 Å². The average Bonchev–Trinajstić information content (AvgIpc) is 2.59. The number of rotatable bonds is 1. The molecule has 2 amide bonds. The maximum absolute atomic E-state index is 12.8. The van der Waals surface area contributed by atoms with Gasteiger partial charge in [0.1, 0.15) is 0 Å². The molecule has 21 heavy (non-hydrogen) atoms. The molecule has 2 heterocycles. The molecule has 3 rings (SSSR count).